The van der Waals surface area contributed by atoms with Crippen LogP contribution in [0.4, 0.5) is 0 Å². The fourth-order valence-electron chi connectivity index (χ4n) is 13.0. The maximum absolute atomic E-state index is 15.2. The molecule has 13 N–H and O–H groups in total. The normalized spacial score (nSPS) is 20.4. The van der Waals surface area contributed by atoms with Crippen LogP contribution in [0, 0.1) is 11.8 Å². The summed E-state index contributed by atoms with van der Waals surface area (Å²) < 4.78 is 1.57. The monoisotopic (exact) mass is 1300 g/mol. The van der Waals surface area contributed by atoms with Crippen LogP contribution in [0.5, 0.6) is 5.75 Å². The predicted octanol–water partition coefficient (Wildman–Crippen LogP) is 7.53. The van der Waals surface area contributed by atoms with E-state index in [1.54, 1.807) is 29.2 Å². The maximum Gasteiger partial charge on any atom is 0.243 e. The first-order valence-electron chi connectivity index (χ1n) is 35.3. The Kier molecular flexibility index (Phi) is 33.6. The first kappa shape index (κ1) is 75.3. The van der Waals surface area contributed by atoms with Crippen molar-refractivity contribution in [1.82, 2.24) is 57.2 Å². The van der Waals surface area contributed by atoms with E-state index in [-0.39, 0.29) is 62.5 Å². The number of unbranched alkanes of at least 4 members (excludes halogenated alkanes) is 14. The maximum atomic E-state index is 15.2. The fourth-order valence-corrected chi connectivity index (χ4v) is 13.0. The molecule has 518 valence electrons. The van der Waals surface area contributed by atoms with Gasteiger partial charge < -0.3 is 58.8 Å². The average Bonchev–Trinajstić information content (AvgIpc) is 1.85. The number of ketones is 1. The number of aromatic hydroxyl groups is 1. The Morgan fingerprint density at radius 1 is 0.691 bits per heavy atom. The highest BCUT2D eigenvalue weighted by Gasteiger charge is 2.36. The average molecular weight is 1300 g/mol. The molecule has 1 saturated carbocycles. The number of nitrogens with two attached hydrogens (primary N) is 2. The van der Waals surface area contributed by atoms with Crippen LogP contribution in [0.1, 0.15) is 223 Å². The number of hydrogen-bond donors (Lipinski definition) is 11. The van der Waals surface area contributed by atoms with Gasteiger partial charge in [-0.05, 0) is 119 Å². The quantitative estimate of drug-likeness (QED) is 0.0206. The van der Waals surface area contributed by atoms with Gasteiger partial charge in [0.25, 0.3) is 0 Å². The van der Waals surface area contributed by atoms with E-state index < -0.39 is 89.3 Å². The van der Waals surface area contributed by atoms with Gasteiger partial charge in [-0.25, -0.2) is 0 Å². The van der Waals surface area contributed by atoms with E-state index in [1.165, 1.54) is 83.3 Å². The van der Waals surface area contributed by atoms with Gasteiger partial charge in [0.15, 0.2) is 5.78 Å². The van der Waals surface area contributed by atoms with E-state index in [1.807, 2.05) is 24.3 Å². The van der Waals surface area contributed by atoms with Gasteiger partial charge in [0.2, 0.25) is 47.3 Å². The minimum atomic E-state index is -1.29. The molecule has 23 heteroatoms. The van der Waals surface area contributed by atoms with Gasteiger partial charge in [-0.3, -0.25) is 47.8 Å². The number of phenols is 1. The number of fused-ring (bicyclic) bond motifs is 3. The molecule has 2 bridgehead atoms. The highest BCUT2D eigenvalue weighted by Crippen LogP contribution is 2.31. The zero-order valence-electron chi connectivity index (χ0n) is 56.0. The number of carbonyl (C=O) groups excluding carboxylic acids is 9. The van der Waals surface area contributed by atoms with Crippen molar-refractivity contribution in [3.05, 3.63) is 77.7 Å². The van der Waals surface area contributed by atoms with Crippen molar-refractivity contribution in [2.75, 3.05) is 13.1 Å². The molecule has 2 aliphatic rings. The third-order valence-electron chi connectivity index (χ3n) is 18.4. The van der Waals surface area contributed by atoms with Crippen LogP contribution in [0.15, 0.2) is 60.9 Å². The lowest BCUT2D eigenvalue weighted by Crippen LogP contribution is -2.58. The summed E-state index contributed by atoms with van der Waals surface area (Å²) in [5.74, 6) is -5.95. The van der Waals surface area contributed by atoms with Crippen molar-refractivity contribution in [3.8, 4) is 5.75 Å². The number of aromatic nitrogens is 4. The van der Waals surface area contributed by atoms with E-state index in [9.17, 15) is 38.7 Å². The number of hydrogen-bond acceptors (Lipinski definition) is 13. The molecule has 4 aromatic rings. The second-order valence-electron chi connectivity index (χ2n) is 26.3. The summed E-state index contributed by atoms with van der Waals surface area (Å²) in [7, 11) is 0. The molecule has 0 unspecified atom stereocenters. The first-order valence-corrected chi connectivity index (χ1v) is 35.3. The Morgan fingerprint density at radius 2 is 1.35 bits per heavy atom. The number of primary amides is 1. The van der Waals surface area contributed by atoms with Gasteiger partial charge in [0, 0.05) is 74.9 Å². The van der Waals surface area contributed by atoms with E-state index in [0.29, 0.717) is 87.8 Å². The molecule has 94 heavy (non-hydrogen) atoms. The van der Waals surface area contributed by atoms with Crippen LogP contribution in [-0.2, 0) is 69.0 Å². The number of rotatable bonds is 33. The Bertz CT molecular complexity index is 3000. The van der Waals surface area contributed by atoms with E-state index in [2.05, 4.69) is 59.4 Å². The molecule has 0 saturated heterocycles. The zero-order valence-corrected chi connectivity index (χ0v) is 56.0. The molecule has 1 aliphatic heterocycles. The number of aryl methyl sites for hydroxylation is 1. The van der Waals surface area contributed by atoms with Crippen LogP contribution in [0.25, 0.3) is 10.9 Å². The number of nitrogens with one attached hydrogen (secondary N) is 8. The number of amides is 8. The summed E-state index contributed by atoms with van der Waals surface area (Å²) in [6.45, 7) is 4.50. The molecule has 8 amide bonds. The number of carbonyl (C=O) groups is 9. The number of H-pyrrole nitrogens is 1. The molecule has 0 radical (unpaired) electrons. The number of para-hydroxylation sites is 1. The molecule has 6 rings (SSSR count). The molecule has 23 nitrogen and oxygen atoms in total. The summed E-state index contributed by atoms with van der Waals surface area (Å²) in [6.07, 6.45) is 27.2. The Balaban J connectivity index is 1.21. The predicted molar refractivity (Wildman–Crippen MR) is 362 cm³/mol. The summed E-state index contributed by atoms with van der Waals surface area (Å²) >= 11 is 0. The van der Waals surface area contributed by atoms with Crippen LogP contribution in [0.2, 0.25) is 0 Å². The van der Waals surface area contributed by atoms with Crippen LogP contribution in [-0.4, -0.2) is 127 Å². The zero-order chi connectivity index (χ0) is 67.5. The standard InChI is InChI=1S/C71H109N13O10/c1-3-4-5-6-7-8-9-10-11-12-13-14-18-34-65(88)74-40-25-22-31-58(66(73)89)77-68(91)59-33-23-26-41-84-48-54(82-83-84)46-63(76-49(2)85)71(94)81-62(44-53-47-75-57-30-20-19-29-56(53)57)70(93)79-60(32-21-24-39-72)69(92)80-61(43-51-35-37-55(86)38-36-51)64(87)45-52(67(90)78-59)42-50-27-16-15-17-28-50/h19-20,29-30,35-38,47-48,50,52,58-63,75,86H,3-18,21-28,31-34,39-46,72H2,1-2H3,(H2,73,89)(H,74,88)(H,76,85)(H,77,91)(H,78,90)(H,79,93)(H,80,92)(H,81,94)/t52-,58-,59-,60+,61+,62+,63-/m1/s1. The summed E-state index contributed by atoms with van der Waals surface area (Å²) in [4.78, 5) is 131. The minimum absolute atomic E-state index is 0.0131. The van der Waals surface area contributed by atoms with Crippen molar-refractivity contribution in [2.24, 2.45) is 23.3 Å². The smallest absolute Gasteiger partial charge is 0.243 e. The van der Waals surface area contributed by atoms with Gasteiger partial charge in [-0.15, -0.1) is 5.10 Å². The second-order valence-corrected chi connectivity index (χ2v) is 26.3. The lowest BCUT2D eigenvalue weighted by atomic mass is 9.80. The highest BCUT2D eigenvalue weighted by molar-refractivity contribution is 5.98. The molecule has 1 fully saturated rings. The fraction of sp³-hybridized carbons (Fsp3) is 0.648. The molecule has 3 heterocycles. The van der Waals surface area contributed by atoms with Crippen molar-refractivity contribution in [3.63, 3.8) is 0 Å². The number of Topliss-reactive ketones (excluding diaryl/α,β-unsaturated/α-hetero) is 1. The van der Waals surface area contributed by atoms with Crippen LogP contribution < -0.4 is 48.7 Å². The Morgan fingerprint density at radius 3 is 2.04 bits per heavy atom. The first-order chi connectivity index (χ1) is 45.5. The van der Waals surface area contributed by atoms with Crippen LogP contribution in [0.3, 0.4) is 0 Å². The molecule has 0 spiro atoms. The number of benzene rings is 2. The lowest BCUT2D eigenvalue weighted by Gasteiger charge is -2.29. The summed E-state index contributed by atoms with van der Waals surface area (Å²) in [5.41, 5.74) is 14.3. The second kappa shape index (κ2) is 41.9. The van der Waals surface area contributed by atoms with Gasteiger partial charge >= 0.3 is 0 Å². The molecule has 2 aromatic heterocycles. The minimum Gasteiger partial charge on any atom is -0.508 e. The summed E-state index contributed by atoms with van der Waals surface area (Å²) in [5, 5.41) is 39.9. The molecule has 7 atom stereocenters. The molecular weight excluding hydrogens is 1190 g/mol. The molecule has 2 aromatic carbocycles. The Hall–Kier alpha value is -7.69. The third-order valence-corrected chi connectivity index (χ3v) is 18.4. The van der Waals surface area contributed by atoms with Crippen molar-refractivity contribution < 1.29 is 48.3 Å². The molecule has 1 aliphatic carbocycles. The SMILES string of the molecule is CCCCCCCCCCCCCCCC(=O)NCCCC[C@@H](NC(=O)[C@H]1CCCCn2cc(nn2)C[C@@H](NC(C)=O)C(=O)N[C@@H](Cc2c[nH]c3ccccc23)C(=O)N[C@@H](CCCCN)C(=O)N[C@@H](Cc2ccc(O)cc2)C(=O)C[C@@H](CC2CCCCC2)C(=O)N1)C(N)=O. The van der Waals surface area contributed by atoms with E-state index >= 15 is 9.59 Å². The van der Waals surface area contributed by atoms with Crippen molar-refractivity contribution in [1.29, 1.82) is 0 Å². The van der Waals surface area contributed by atoms with E-state index in [0.717, 1.165) is 62.3 Å². The lowest BCUT2D eigenvalue weighted by molar-refractivity contribution is -0.136. The van der Waals surface area contributed by atoms with Crippen molar-refractivity contribution in [2.45, 2.75) is 269 Å². The number of phenolic OH excluding ortho intramolecular Hbond substituents is 1. The van der Waals surface area contributed by atoms with Crippen molar-refractivity contribution >= 4 is 63.9 Å². The molecular formula is C71H109N13O10. The van der Waals surface area contributed by atoms with Gasteiger partial charge in [-0.1, -0.05) is 152 Å². The van der Waals surface area contributed by atoms with E-state index in [4.69, 9.17) is 11.5 Å². The Labute approximate surface area is 555 Å². The van der Waals surface area contributed by atoms with Gasteiger partial charge in [0.05, 0.1) is 11.7 Å². The van der Waals surface area contributed by atoms with Crippen LogP contribution >= 0.6 is 0 Å². The highest BCUT2D eigenvalue weighted by atomic mass is 16.3. The number of aromatic amines is 1. The van der Waals surface area contributed by atoms with Gasteiger partial charge in [0.1, 0.15) is 36.0 Å². The van der Waals surface area contributed by atoms with Gasteiger partial charge in [-0.2, -0.15) is 0 Å². The third kappa shape index (κ3) is 27.3. The number of nitrogens with zero attached hydrogens (tertiary/aromatic N) is 3. The largest absolute Gasteiger partial charge is 0.508 e. The summed E-state index contributed by atoms with van der Waals surface area (Å²) in [6, 6.07) is 6.38. The topological polar surface area (TPSA) is 357 Å².